The highest BCUT2D eigenvalue weighted by atomic mass is 79.9. The molecule has 0 atom stereocenters. The summed E-state index contributed by atoms with van der Waals surface area (Å²) in [6.07, 6.45) is 3.16. The lowest BCUT2D eigenvalue weighted by Crippen LogP contribution is -2.07. The zero-order valence-electron chi connectivity index (χ0n) is 14.4. The number of rotatable bonds is 6. The number of nitrogens with one attached hydrogen (secondary N) is 1. The van der Waals surface area contributed by atoms with E-state index in [2.05, 4.69) is 43.6 Å². The molecule has 1 aliphatic rings. The molecule has 0 bridgehead atoms. The van der Waals surface area contributed by atoms with E-state index in [0.29, 0.717) is 16.6 Å². The van der Waals surface area contributed by atoms with Crippen LogP contribution in [0.4, 0.5) is 5.13 Å². The van der Waals surface area contributed by atoms with Gasteiger partial charge in [-0.3, -0.25) is 10.1 Å². The third-order valence-corrected chi connectivity index (χ3v) is 6.31. The molecule has 1 aromatic heterocycles. The maximum Gasteiger partial charge on any atom is 0.250 e. The van der Waals surface area contributed by atoms with Gasteiger partial charge in [-0.25, -0.2) is 0 Å². The summed E-state index contributed by atoms with van der Waals surface area (Å²) in [6, 6.07) is 13.6. The number of benzene rings is 2. The number of hydrogen-bond donors (Lipinski definition) is 1. The first-order chi connectivity index (χ1) is 13.7. The summed E-state index contributed by atoms with van der Waals surface area (Å²) in [5.41, 5.74) is 2.04. The molecule has 0 radical (unpaired) electrons. The maximum atomic E-state index is 12.1. The highest BCUT2D eigenvalue weighted by Gasteiger charge is 2.12. The van der Waals surface area contributed by atoms with Gasteiger partial charge in [-0.2, -0.15) is 0 Å². The minimum atomic E-state index is -0.265. The van der Waals surface area contributed by atoms with Crippen LogP contribution in [-0.2, 0) is 10.5 Å². The Kier molecular flexibility index (Phi) is 5.94. The van der Waals surface area contributed by atoms with Crippen molar-refractivity contribution >= 4 is 56.1 Å². The van der Waals surface area contributed by atoms with Crippen molar-refractivity contribution in [3.8, 4) is 11.5 Å². The van der Waals surface area contributed by atoms with Crippen LogP contribution in [0.1, 0.15) is 11.1 Å². The number of thioether (sulfide) groups is 1. The van der Waals surface area contributed by atoms with Crippen molar-refractivity contribution in [3.63, 3.8) is 0 Å². The quantitative estimate of drug-likeness (QED) is 0.308. The second-order valence-corrected chi connectivity index (χ2v) is 8.84. The highest BCUT2D eigenvalue weighted by Crippen LogP contribution is 2.33. The summed E-state index contributed by atoms with van der Waals surface area (Å²) in [5, 5.41) is 11.3. The average Bonchev–Trinajstić information content (AvgIpc) is 3.34. The van der Waals surface area contributed by atoms with E-state index in [0.717, 1.165) is 20.1 Å². The van der Waals surface area contributed by atoms with E-state index in [4.69, 9.17) is 9.47 Å². The zero-order valence-corrected chi connectivity index (χ0v) is 17.6. The molecule has 0 fully saturated rings. The van der Waals surface area contributed by atoms with Crippen LogP contribution in [0.15, 0.2) is 57.4 Å². The molecule has 9 heteroatoms. The van der Waals surface area contributed by atoms with E-state index in [1.807, 2.05) is 30.3 Å². The molecule has 28 heavy (non-hydrogen) atoms. The molecular weight excluding hydrogens is 462 g/mol. The molecule has 1 amide bonds. The summed E-state index contributed by atoms with van der Waals surface area (Å²) in [6.45, 7) is 0.224. The summed E-state index contributed by atoms with van der Waals surface area (Å²) in [5.74, 6) is 1.92. The van der Waals surface area contributed by atoms with Crippen molar-refractivity contribution in [2.45, 2.75) is 10.1 Å². The first-order valence-corrected chi connectivity index (χ1v) is 10.8. The van der Waals surface area contributed by atoms with Crippen LogP contribution in [0.25, 0.3) is 6.08 Å². The monoisotopic (exact) mass is 475 g/mol. The minimum Gasteiger partial charge on any atom is -0.454 e. The third kappa shape index (κ3) is 4.92. The fraction of sp³-hybridized carbons (Fsp3) is 0.105. The van der Waals surface area contributed by atoms with Crippen molar-refractivity contribution in [2.24, 2.45) is 0 Å². The Balaban J connectivity index is 1.30. The molecule has 1 aliphatic heterocycles. The van der Waals surface area contributed by atoms with Crippen LogP contribution in [0.5, 0.6) is 11.5 Å². The van der Waals surface area contributed by atoms with Gasteiger partial charge in [0, 0.05) is 16.3 Å². The van der Waals surface area contributed by atoms with E-state index in [9.17, 15) is 4.79 Å². The van der Waals surface area contributed by atoms with Gasteiger partial charge in [0.2, 0.25) is 17.8 Å². The Morgan fingerprint density at radius 2 is 2.00 bits per heavy atom. The van der Waals surface area contributed by atoms with E-state index in [-0.39, 0.29) is 12.7 Å². The van der Waals surface area contributed by atoms with Crippen LogP contribution >= 0.6 is 39.0 Å². The molecule has 2 aromatic carbocycles. The summed E-state index contributed by atoms with van der Waals surface area (Å²) < 4.78 is 12.5. The van der Waals surface area contributed by atoms with E-state index >= 15 is 0 Å². The van der Waals surface area contributed by atoms with Gasteiger partial charge in [-0.1, -0.05) is 57.2 Å². The summed E-state index contributed by atoms with van der Waals surface area (Å²) in [7, 11) is 0. The molecular formula is C19H14BrN3O3S2. The predicted molar refractivity (Wildman–Crippen MR) is 114 cm³/mol. The van der Waals surface area contributed by atoms with Crippen LogP contribution in [0, 0.1) is 0 Å². The second kappa shape index (κ2) is 8.76. The minimum absolute atomic E-state index is 0.224. The maximum absolute atomic E-state index is 12.1. The van der Waals surface area contributed by atoms with Gasteiger partial charge in [-0.15, -0.1) is 10.2 Å². The highest BCUT2D eigenvalue weighted by molar-refractivity contribution is 9.10. The number of ether oxygens (including phenoxy) is 2. The van der Waals surface area contributed by atoms with Crippen LogP contribution in [-0.4, -0.2) is 22.9 Å². The van der Waals surface area contributed by atoms with Crippen LogP contribution in [0.3, 0.4) is 0 Å². The molecule has 6 nitrogen and oxygen atoms in total. The average molecular weight is 476 g/mol. The van der Waals surface area contributed by atoms with E-state index in [1.54, 1.807) is 17.8 Å². The molecule has 0 saturated carbocycles. The number of hydrogen-bond acceptors (Lipinski definition) is 7. The number of carbonyl (C=O) groups excluding carboxylic acids is 1. The van der Waals surface area contributed by atoms with Gasteiger partial charge >= 0.3 is 0 Å². The fourth-order valence-corrected chi connectivity index (χ4v) is 4.36. The molecule has 142 valence electrons. The van der Waals surface area contributed by atoms with Crippen LogP contribution in [0.2, 0.25) is 0 Å². The second-order valence-electron chi connectivity index (χ2n) is 5.72. The SMILES string of the molecule is O=C(/C=C\c1ccc2c(c1)OCO2)Nc1nnc(SCc2ccc(Br)cc2)s1. The van der Waals surface area contributed by atoms with Gasteiger partial charge in [0.25, 0.3) is 0 Å². The van der Waals surface area contributed by atoms with E-state index in [1.165, 1.54) is 23.0 Å². The number of amides is 1. The number of carbonyl (C=O) groups is 1. The van der Waals surface area contributed by atoms with Gasteiger partial charge in [-0.05, 0) is 41.5 Å². The lowest BCUT2D eigenvalue weighted by molar-refractivity contribution is -0.111. The lowest BCUT2D eigenvalue weighted by Gasteiger charge is -1.99. The summed E-state index contributed by atoms with van der Waals surface area (Å²) in [4.78, 5) is 12.1. The van der Waals surface area contributed by atoms with E-state index < -0.39 is 0 Å². The zero-order chi connectivity index (χ0) is 19.3. The van der Waals surface area contributed by atoms with Gasteiger partial charge in [0.05, 0.1) is 0 Å². The summed E-state index contributed by atoms with van der Waals surface area (Å²) >= 11 is 6.36. The third-order valence-electron chi connectivity index (χ3n) is 3.74. The topological polar surface area (TPSA) is 73.3 Å². The lowest BCUT2D eigenvalue weighted by atomic mass is 10.2. The number of aromatic nitrogens is 2. The largest absolute Gasteiger partial charge is 0.454 e. The van der Waals surface area contributed by atoms with Crippen molar-refractivity contribution in [3.05, 3.63) is 64.1 Å². The number of nitrogens with zero attached hydrogens (tertiary/aromatic N) is 2. The Hall–Kier alpha value is -2.36. The smallest absolute Gasteiger partial charge is 0.250 e. The van der Waals surface area contributed by atoms with Crippen molar-refractivity contribution in [1.29, 1.82) is 0 Å². The molecule has 2 heterocycles. The van der Waals surface area contributed by atoms with Gasteiger partial charge < -0.3 is 9.47 Å². The molecule has 0 spiro atoms. The molecule has 3 aromatic rings. The van der Waals surface area contributed by atoms with Crippen LogP contribution < -0.4 is 14.8 Å². The molecule has 1 N–H and O–H groups in total. The number of fused-ring (bicyclic) bond motifs is 1. The molecule has 0 aliphatic carbocycles. The standard InChI is InChI=1S/C19H14BrN3O3S2/c20-14-5-1-13(2-6-14)10-27-19-23-22-18(28-19)21-17(24)8-4-12-3-7-15-16(9-12)26-11-25-15/h1-9H,10-11H2,(H,21,22,24)/b8-4-. The number of halogens is 1. The normalized spacial score (nSPS) is 12.5. The Morgan fingerprint density at radius 3 is 2.86 bits per heavy atom. The van der Waals surface area contributed by atoms with Crippen molar-refractivity contribution in [2.75, 3.05) is 12.1 Å². The first kappa shape index (κ1) is 19.0. The predicted octanol–water partition coefficient (Wildman–Crippen LogP) is 4.97. The van der Waals surface area contributed by atoms with Crippen molar-refractivity contribution in [1.82, 2.24) is 10.2 Å². The first-order valence-electron chi connectivity index (χ1n) is 8.25. The molecule has 0 saturated heterocycles. The Morgan fingerprint density at radius 1 is 1.18 bits per heavy atom. The number of anilines is 1. The molecule has 4 rings (SSSR count). The fourth-order valence-electron chi connectivity index (χ4n) is 2.38. The van der Waals surface area contributed by atoms with Crippen molar-refractivity contribution < 1.29 is 14.3 Å². The van der Waals surface area contributed by atoms with Gasteiger partial charge in [0.15, 0.2) is 15.8 Å². The Labute approximate surface area is 178 Å². The van der Waals surface area contributed by atoms with Gasteiger partial charge in [0.1, 0.15) is 0 Å². The molecule has 0 unspecified atom stereocenters. The Bertz CT molecular complexity index is 1020.